The third-order valence-corrected chi connectivity index (χ3v) is 3.41. The van der Waals surface area contributed by atoms with Crippen LogP contribution in [0.3, 0.4) is 0 Å². The highest BCUT2D eigenvalue weighted by molar-refractivity contribution is 5.77. The topological polar surface area (TPSA) is 95.9 Å². The Bertz CT molecular complexity index is 467. The van der Waals surface area contributed by atoms with Crippen molar-refractivity contribution in [2.45, 2.75) is 30.7 Å². The van der Waals surface area contributed by atoms with Crippen LogP contribution in [0.2, 0.25) is 0 Å². The highest BCUT2D eigenvalue weighted by Gasteiger charge is 2.57. The molecule has 0 aromatic carbocycles. The number of amides is 2. The quantitative estimate of drug-likeness (QED) is 0.387. The molecule has 21 heavy (non-hydrogen) atoms. The number of nitrogens with one attached hydrogen (secondary N) is 1. The van der Waals surface area contributed by atoms with Crippen molar-refractivity contribution < 1.29 is 24.4 Å². The molecule has 0 bridgehead atoms. The van der Waals surface area contributed by atoms with Gasteiger partial charge >= 0.3 is 6.03 Å². The number of aliphatic hydroxyl groups excluding tert-OH is 1. The van der Waals surface area contributed by atoms with Gasteiger partial charge in [-0.1, -0.05) is 0 Å². The van der Waals surface area contributed by atoms with Gasteiger partial charge in [0.05, 0.1) is 12.9 Å². The Labute approximate surface area is 121 Å². The second-order valence-corrected chi connectivity index (χ2v) is 5.24. The van der Waals surface area contributed by atoms with Crippen LogP contribution in [-0.4, -0.2) is 78.7 Å². The van der Waals surface area contributed by atoms with Crippen LogP contribution in [0.25, 0.3) is 0 Å². The number of carbonyl (C=O) groups is 1. The van der Waals surface area contributed by atoms with Gasteiger partial charge in [-0.25, -0.2) is 19.6 Å². The summed E-state index contributed by atoms with van der Waals surface area (Å²) in [5.74, 6) is 0. The number of aliphatic hydroxyl groups is 1. The second-order valence-electron chi connectivity index (χ2n) is 5.24. The Hall–Kier alpha value is -1.68. The van der Waals surface area contributed by atoms with Crippen LogP contribution in [0.1, 0.15) is 0 Å². The summed E-state index contributed by atoms with van der Waals surface area (Å²) < 4.78 is 5.61. The first-order valence-electron chi connectivity index (χ1n) is 6.65. The fraction of sp³-hybridized carbons (Fsp3) is 0.667. The number of urea groups is 1. The predicted octanol–water partition coefficient (Wildman–Crippen LogP) is -1.14. The number of nitrogens with zero attached hydrogens (tertiary/aromatic N) is 3. The molecule has 0 aliphatic carbocycles. The molecule has 0 spiro atoms. The average molecular weight is 298 g/mol. The van der Waals surface area contributed by atoms with E-state index in [9.17, 15) is 9.90 Å². The zero-order valence-electron chi connectivity index (χ0n) is 11.7. The minimum atomic E-state index is -0.615. The zero-order valence-corrected chi connectivity index (χ0v) is 11.7. The number of aliphatic imine (C=N–C) groups is 1. The molecule has 0 saturated carbocycles. The molecule has 2 saturated heterocycles. The van der Waals surface area contributed by atoms with Crippen LogP contribution in [0.5, 0.6) is 0 Å². The Morgan fingerprint density at radius 1 is 1.48 bits per heavy atom. The largest absolute Gasteiger partial charge is 0.394 e. The fourth-order valence-electron chi connectivity index (χ4n) is 2.36. The predicted molar refractivity (Wildman–Crippen MR) is 71.0 cm³/mol. The van der Waals surface area contributed by atoms with Crippen molar-refractivity contribution in [1.29, 1.82) is 0 Å². The smallest absolute Gasteiger partial charge is 0.325 e. The molecular weight excluding hydrogens is 280 g/mol. The van der Waals surface area contributed by atoms with Crippen LogP contribution < -0.4 is 5.32 Å². The van der Waals surface area contributed by atoms with Crippen molar-refractivity contribution in [3.63, 3.8) is 0 Å². The monoisotopic (exact) mass is 298 g/mol. The standard InChI is InChI=1S/C12H18N4O5/c1-15(2)6-13-8-3-4-16(12(18)14-8)11-10-9(20-21-10)7(5-17)19-11/h3-4,6-11,17H,5H2,1-2H3,(H,14,18)/b13-6-/t7-,8?,9?,10?,11-/m1/s1. The number of carbonyl (C=O) groups excluding carboxylic acids is 1. The fourth-order valence-corrected chi connectivity index (χ4v) is 2.36. The molecule has 9 nitrogen and oxygen atoms in total. The van der Waals surface area contributed by atoms with Gasteiger partial charge in [-0.15, -0.1) is 0 Å². The van der Waals surface area contributed by atoms with Gasteiger partial charge in [-0.05, 0) is 6.08 Å². The van der Waals surface area contributed by atoms with Crippen LogP contribution >= 0.6 is 0 Å². The molecule has 3 heterocycles. The van der Waals surface area contributed by atoms with Gasteiger partial charge < -0.3 is 20.1 Å². The zero-order chi connectivity index (χ0) is 15.0. The lowest BCUT2D eigenvalue weighted by Crippen LogP contribution is -2.56. The van der Waals surface area contributed by atoms with Crippen molar-refractivity contribution in [1.82, 2.24) is 15.1 Å². The van der Waals surface area contributed by atoms with Crippen molar-refractivity contribution in [3.05, 3.63) is 12.3 Å². The maximum Gasteiger partial charge on any atom is 0.325 e. The Morgan fingerprint density at radius 2 is 2.24 bits per heavy atom. The first-order chi connectivity index (χ1) is 10.1. The van der Waals surface area contributed by atoms with E-state index >= 15 is 0 Å². The van der Waals surface area contributed by atoms with E-state index in [-0.39, 0.29) is 24.8 Å². The van der Waals surface area contributed by atoms with Gasteiger partial charge in [0.2, 0.25) is 0 Å². The summed E-state index contributed by atoms with van der Waals surface area (Å²) in [5.41, 5.74) is 0. The lowest BCUT2D eigenvalue weighted by molar-refractivity contribution is -0.462. The molecule has 0 radical (unpaired) electrons. The molecule has 9 heteroatoms. The molecular formula is C12H18N4O5. The van der Waals surface area contributed by atoms with E-state index in [4.69, 9.17) is 14.5 Å². The molecule has 2 N–H and O–H groups in total. The third-order valence-electron chi connectivity index (χ3n) is 3.41. The van der Waals surface area contributed by atoms with Crippen LogP contribution in [-0.2, 0) is 14.5 Å². The third kappa shape index (κ3) is 2.60. The number of hydrogen-bond acceptors (Lipinski definition) is 6. The van der Waals surface area contributed by atoms with Gasteiger partial charge in [-0.3, -0.25) is 4.90 Å². The summed E-state index contributed by atoms with van der Waals surface area (Å²) in [6, 6.07) is -0.337. The summed E-state index contributed by atoms with van der Waals surface area (Å²) in [6.45, 7) is -0.185. The van der Waals surface area contributed by atoms with Crippen molar-refractivity contribution >= 4 is 12.4 Å². The molecule has 3 unspecified atom stereocenters. The van der Waals surface area contributed by atoms with E-state index in [1.165, 1.54) is 4.90 Å². The number of ether oxygens (including phenoxy) is 1. The number of rotatable bonds is 4. The molecule has 3 aliphatic heterocycles. The molecule has 3 rings (SSSR count). The van der Waals surface area contributed by atoms with E-state index in [0.29, 0.717) is 0 Å². The summed E-state index contributed by atoms with van der Waals surface area (Å²) in [7, 11) is 3.69. The summed E-state index contributed by atoms with van der Waals surface area (Å²) in [5, 5.41) is 11.9. The summed E-state index contributed by atoms with van der Waals surface area (Å²) in [4.78, 5) is 29.4. The molecule has 2 fully saturated rings. The molecule has 5 atom stereocenters. The highest BCUT2D eigenvalue weighted by Crippen LogP contribution is 2.36. The Kier molecular flexibility index (Phi) is 3.81. The lowest BCUT2D eigenvalue weighted by Gasteiger charge is -2.36. The van der Waals surface area contributed by atoms with Gasteiger partial charge in [0.15, 0.2) is 18.4 Å². The normalized spacial score (nSPS) is 38.3. The molecule has 2 amide bonds. The number of hydrogen-bond donors (Lipinski definition) is 2. The van der Waals surface area contributed by atoms with E-state index in [0.717, 1.165) is 0 Å². The Morgan fingerprint density at radius 3 is 2.76 bits per heavy atom. The SMILES string of the molecule is CN(C)/C=N\C1C=CN([C@@H]2O[C@H](CO)C3OOC32)C(=O)N1. The van der Waals surface area contributed by atoms with Gasteiger partial charge in [-0.2, -0.15) is 0 Å². The van der Waals surface area contributed by atoms with Crippen molar-refractivity contribution in [2.75, 3.05) is 20.7 Å². The minimum absolute atomic E-state index is 0.185. The van der Waals surface area contributed by atoms with E-state index in [1.54, 1.807) is 23.5 Å². The van der Waals surface area contributed by atoms with E-state index < -0.39 is 18.5 Å². The number of fused-ring (bicyclic) bond motifs is 1. The average Bonchev–Trinajstić information content (AvgIpc) is 2.66. The van der Waals surface area contributed by atoms with Crippen molar-refractivity contribution in [3.8, 4) is 0 Å². The summed E-state index contributed by atoms with van der Waals surface area (Å²) >= 11 is 0. The van der Waals surface area contributed by atoms with E-state index in [1.807, 2.05) is 14.1 Å². The van der Waals surface area contributed by atoms with Crippen LogP contribution in [0, 0.1) is 0 Å². The molecule has 116 valence electrons. The maximum atomic E-state index is 12.1. The van der Waals surface area contributed by atoms with E-state index in [2.05, 4.69) is 10.3 Å². The maximum absolute atomic E-state index is 12.1. The van der Waals surface area contributed by atoms with Crippen LogP contribution in [0.15, 0.2) is 17.3 Å². The van der Waals surface area contributed by atoms with Gasteiger partial charge in [0, 0.05) is 20.3 Å². The molecule has 3 aliphatic rings. The second kappa shape index (κ2) is 5.60. The highest BCUT2D eigenvalue weighted by atomic mass is 17.3. The minimum Gasteiger partial charge on any atom is -0.394 e. The Balaban J connectivity index is 1.67. The molecule has 0 aromatic rings. The first kappa shape index (κ1) is 14.3. The van der Waals surface area contributed by atoms with Crippen molar-refractivity contribution in [2.24, 2.45) is 4.99 Å². The van der Waals surface area contributed by atoms with Gasteiger partial charge in [0.25, 0.3) is 0 Å². The van der Waals surface area contributed by atoms with Crippen LogP contribution in [0.4, 0.5) is 4.79 Å². The summed E-state index contributed by atoms with van der Waals surface area (Å²) in [6.07, 6.45) is 2.73. The lowest BCUT2D eigenvalue weighted by atomic mass is 10.1. The molecule has 0 aromatic heterocycles. The van der Waals surface area contributed by atoms with Gasteiger partial charge in [0.1, 0.15) is 12.3 Å². The first-order valence-corrected chi connectivity index (χ1v) is 6.65.